The zero-order chi connectivity index (χ0) is 28.1. The van der Waals surface area contributed by atoms with Crippen molar-refractivity contribution in [2.75, 3.05) is 11.9 Å². The van der Waals surface area contributed by atoms with E-state index in [1.165, 1.54) is 20.9 Å². The van der Waals surface area contributed by atoms with Gasteiger partial charge in [-0.25, -0.2) is 23.6 Å². The van der Waals surface area contributed by atoms with Crippen molar-refractivity contribution >= 4 is 50.7 Å². The first-order chi connectivity index (χ1) is 19.2. The highest BCUT2D eigenvalue weighted by atomic mass is 32.1. The van der Waals surface area contributed by atoms with E-state index in [0.717, 1.165) is 16.8 Å². The summed E-state index contributed by atoms with van der Waals surface area (Å²) in [6.45, 7) is 3.08. The van der Waals surface area contributed by atoms with Crippen LogP contribution < -0.4 is 11.1 Å². The molecule has 204 valence electrons. The second-order valence-electron chi connectivity index (χ2n) is 9.66. The highest BCUT2D eigenvalue weighted by Gasteiger charge is 2.40. The van der Waals surface area contributed by atoms with Crippen LogP contribution in [0.2, 0.25) is 0 Å². The molecule has 2 atom stereocenters. The Morgan fingerprint density at radius 3 is 2.73 bits per heavy atom. The molecule has 3 N–H and O–H groups in total. The van der Waals surface area contributed by atoms with E-state index in [1.54, 1.807) is 29.6 Å². The molecule has 14 heteroatoms. The van der Waals surface area contributed by atoms with E-state index in [1.807, 2.05) is 31.3 Å². The van der Waals surface area contributed by atoms with Crippen molar-refractivity contribution in [2.45, 2.75) is 39.0 Å². The maximum Gasteiger partial charge on any atom is 0.270 e. The first kappa shape index (κ1) is 25.6. The number of alkyl halides is 1. The Morgan fingerprint density at radius 1 is 1.12 bits per heavy atom. The number of hydrogen-bond acceptors (Lipinski definition) is 8. The van der Waals surface area contributed by atoms with Crippen LogP contribution in [0.15, 0.2) is 42.6 Å². The van der Waals surface area contributed by atoms with Crippen LogP contribution in [-0.2, 0) is 16.1 Å². The number of fused-ring (bicyclic) bond motifs is 2. The van der Waals surface area contributed by atoms with E-state index in [9.17, 15) is 18.8 Å². The van der Waals surface area contributed by atoms with E-state index in [2.05, 4.69) is 25.5 Å². The van der Waals surface area contributed by atoms with Gasteiger partial charge in [0.2, 0.25) is 11.8 Å². The minimum absolute atomic E-state index is 0.0211. The quantitative estimate of drug-likeness (QED) is 0.323. The van der Waals surface area contributed by atoms with Crippen molar-refractivity contribution in [3.63, 3.8) is 0 Å². The van der Waals surface area contributed by atoms with E-state index >= 15 is 0 Å². The molecule has 5 aromatic rings. The maximum absolute atomic E-state index is 14.5. The lowest BCUT2D eigenvalue weighted by Gasteiger charge is -2.23. The van der Waals surface area contributed by atoms with Crippen molar-refractivity contribution in [1.82, 2.24) is 34.3 Å². The number of nitrogens with two attached hydrogens (primary N) is 1. The van der Waals surface area contributed by atoms with E-state index < -0.39 is 29.9 Å². The number of likely N-dealkylation sites (tertiary alicyclic amines) is 1. The van der Waals surface area contributed by atoms with Crippen LogP contribution in [0.5, 0.6) is 0 Å². The summed E-state index contributed by atoms with van der Waals surface area (Å²) >= 11 is 1.22. The lowest BCUT2D eigenvalue weighted by Crippen LogP contribution is -2.44. The summed E-state index contributed by atoms with van der Waals surface area (Å²) in [7, 11) is 0. The van der Waals surface area contributed by atoms with Crippen LogP contribution in [0.4, 0.5) is 10.2 Å². The Bertz CT molecular complexity index is 1810. The number of hydrogen-bond donors (Lipinski definition) is 2. The molecule has 6 rings (SSSR count). The Balaban J connectivity index is 1.28. The molecule has 6 heterocycles. The number of nitrogens with zero attached hydrogens (tertiary/aromatic N) is 7. The summed E-state index contributed by atoms with van der Waals surface area (Å²) in [5.74, 6) is -1.52. The summed E-state index contributed by atoms with van der Waals surface area (Å²) in [4.78, 5) is 48.6. The van der Waals surface area contributed by atoms with Gasteiger partial charge in [-0.05, 0) is 44.2 Å². The van der Waals surface area contributed by atoms with E-state index in [4.69, 9.17) is 5.73 Å². The molecule has 40 heavy (non-hydrogen) atoms. The second-order valence-corrected chi connectivity index (χ2v) is 10.7. The minimum atomic E-state index is -1.37. The summed E-state index contributed by atoms with van der Waals surface area (Å²) < 4.78 is 17.9. The predicted octanol–water partition coefficient (Wildman–Crippen LogP) is 2.50. The summed E-state index contributed by atoms with van der Waals surface area (Å²) in [5.41, 5.74) is 9.10. The average molecular weight is 562 g/mol. The molecule has 1 saturated heterocycles. The van der Waals surface area contributed by atoms with Gasteiger partial charge in [-0.1, -0.05) is 6.07 Å². The lowest BCUT2D eigenvalue weighted by atomic mass is 10.2. The number of aryl methyl sites for hydroxylation is 2. The van der Waals surface area contributed by atoms with Gasteiger partial charge in [-0.3, -0.25) is 14.4 Å². The Kier molecular flexibility index (Phi) is 6.25. The summed E-state index contributed by atoms with van der Waals surface area (Å²) in [6, 6.07) is 9.86. The number of primary amides is 1. The number of carbonyl (C=O) groups excluding carboxylic acids is 3. The highest BCUT2D eigenvalue weighted by molar-refractivity contribution is 7.22. The number of thiazole rings is 1. The molecule has 12 nitrogen and oxygen atoms in total. The fourth-order valence-electron chi connectivity index (χ4n) is 4.84. The third kappa shape index (κ3) is 4.66. The van der Waals surface area contributed by atoms with Crippen molar-refractivity contribution < 1.29 is 18.8 Å². The third-order valence-corrected chi connectivity index (χ3v) is 7.75. The van der Waals surface area contributed by atoms with Crippen molar-refractivity contribution in [3.05, 3.63) is 59.7 Å². The summed E-state index contributed by atoms with van der Waals surface area (Å²) in [5, 5.41) is 11.9. The van der Waals surface area contributed by atoms with Gasteiger partial charge < -0.3 is 16.0 Å². The van der Waals surface area contributed by atoms with Crippen LogP contribution in [0.3, 0.4) is 0 Å². The molecule has 0 spiro atoms. The van der Waals surface area contributed by atoms with Gasteiger partial charge in [0, 0.05) is 23.9 Å². The molecular formula is C26H24FN9O3S. The first-order valence-corrected chi connectivity index (χ1v) is 13.3. The number of rotatable bonds is 6. The van der Waals surface area contributed by atoms with Crippen LogP contribution in [0.25, 0.3) is 26.4 Å². The van der Waals surface area contributed by atoms with Crippen molar-refractivity contribution in [2.24, 2.45) is 5.73 Å². The Labute approximate surface area is 230 Å². The fraction of sp³-hybridized carbons (Fsp3) is 0.269. The monoisotopic (exact) mass is 561 g/mol. The molecule has 5 aromatic heterocycles. The number of amides is 3. The van der Waals surface area contributed by atoms with Crippen molar-refractivity contribution in [3.8, 4) is 10.6 Å². The molecule has 0 unspecified atom stereocenters. The number of nitrogens with one attached hydrogen (secondary N) is 1. The molecule has 1 aliphatic heterocycles. The largest absolute Gasteiger partial charge is 0.364 e. The van der Waals surface area contributed by atoms with Gasteiger partial charge in [0.25, 0.3) is 5.91 Å². The fourth-order valence-corrected chi connectivity index (χ4v) is 5.89. The third-order valence-electron chi connectivity index (χ3n) is 6.65. The zero-order valence-corrected chi connectivity index (χ0v) is 22.4. The van der Waals surface area contributed by atoms with Gasteiger partial charge in [0.15, 0.2) is 11.3 Å². The Morgan fingerprint density at radius 2 is 1.95 bits per heavy atom. The van der Waals surface area contributed by atoms with Gasteiger partial charge >= 0.3 is 0 Å². The standard InChI is InChI=1S/C26H24FN9O3S/c1-13-4-3-5-19(29-13)30-25(39)18-9-16(27)11-34(18)20(37)12-36-24-22(21(33-36)23(28)38)40-26(31-24)15-6-7-17-8-14(2)32-35(17)10-15/h3-8,10,16,18H,9,11-12H2,1-2H3,(H2,28,38)(H,29,30,39)/t16-,18+/m1/s1. The topological polar surface area (TPSA) is 153 Å². The Hall–Kier alpha value is -4.72. The number of halogens is 1. The lowest BCUT2D eigenvalue weighted by molar-refractivity contribution is -0.137. The molecule has 0 saturated carbocycles. The van der Waals surface area contributed by atoms with Crippen LogP contribution in [0, 0.1) is 13.8 Å². The number of pyridine rings is 2. The smallest absolute Gasteiger partial charge is 0.270 e. The van der Waals surface area contributed by atoms with Crippen LogP contribution in [-0.4, -0.2) is 70.7 Å². The summed E-state index contributed by atoms with van der Waals surface area (Å²) in [6.07, 6.45) is 0.321. The molecule has 1 fully saturated rings. The molecule has 0 aromatic carbocycles. The predicted molar refractivity (Wildman–Crippen MR) is 145 cm³/mol. The molecule has 0 aliphatic carbocycles. The maximum atomic E-state index is 14.5. The second kappa shape index (κ2) is 9.79. The molecule has 3 amide bonds. The van der Waals surface area contributed by atoms with Crippen molar-refractivity contribution in [1.29, 1.82) is 0 Å². The number of aromatic nitrogens is 6. The zero-order valence-electron chi connectivity index (χ0n) is 21.5. The van der Waals surface area contributed by atoms with Gasteiger partial charge in [-0.2, -0.15) is 10.2 Å². The number of carbonyl (C=O) groups is 3. The first-order valence-electron chi connectivity index (χ1n) is 12.5. The molecule has 1 aliphatic rings. The molecule has 0 bridgehead atoms. The van der Waals surface area contributed by atoms with Gasteiger partial charge in [0.05, 0.1) is 17.8 Å². The average Bonchev–Trinajstić information content (AvgIpc) is 3.66. The van der Waals surface area contributed by atoms with E-state index in [-0.39, 0.29) is 25.2 Å². The SMILES string of the molecule is Cc1cccc(NC(=O)[C@@H]2C[C@@H](F)CN2C(=O)Cn2nc(C(N)=O)c3sc(-c4ccc5cc(C)nn5c4)nc32)n1. The minimum Gasteiger partial charge on any atom is -0.364 e. The van der Waals surface area contributed by atoms with Crippen LogP contribution >= 0.6 is 11.3 Å². The molecular weight excluding hydrogens is 537 g/mol. The molecule has 0 radical (unpaired) electrons. The highest BCUT2D eigenvalue weighted by Crippen LogP contribution is 2.33. The van der Waals surface area contributed by atoms with Crippen LogP contribution in [0.1, 0.15) is 28.3 Å². The number of anilines is 1. The van der Waals surface area contributed by atoms with Gasteiger partial charge in [-0.15, -0.1) is 11.3 Å². The van der Waals surface area contributed by atoms with E-state index in [0.29, 0.717) is 26.9 Å². The van der Waals surface area contributed by atoms with Gasteiger partial charge in [0.1, 0.15) is 34.3 Å². The normalized spacial score (nSPS) is 17.1.